The van der Waals surface area contributed by atoms with Crippen LogP contribution in [0.5, 0.6) is 0 Å². The number of hydrogen-bond donors (Lipinski definition) is 4. The molecule has 0 aromatic heterocycles. The number of anilines is 1. The predicted molar refractivity (Wildman–Crippen MR) is 120 cm³/mol. The number of nitrogen functional groups attached to an aromatic ring is 1. The fourth-order valence-corrected chi connectivity index (χ4v) is 2.87. The minimum Gasteiger partial charge on any atom is -0.478 e. The molecule has 0 spiro atoms. The molecule has 0 aliphatic heterocycles. The van der Waals surface area contributed by atoms with E-state index >= 15 is 0 Å². The van der Waals surface area contributed by atoms with Crippen molar-refractivity contribution < 1.29 is 9.90 Å². The first kappa shape index (κ1) is 25.6. The van der Waals surface area contributed by atoms with Crippen LogP contribution in [0.4, 0.5) is 5.69 Å². The van der Waals surface area contributed by atoms with Crippen molar-refractivity contribution in [3.8, 4) is 0 Å². The molecule has 1 aromatic carbocycles. The Balaban J connectivity index is 3.07. The van der Waals surface area contributed by atoms with E-state index < -0.39 is 29.1 Å². The van der Waals surface area contributed by atoms with Gasteiger partial charge in [-0.05, 0) is 71.6 Å². The first-order valence-electron chi connectivity index (χ1n) is 10.1. The second-order valence-electron chi connectivity index (χ2n) is 9.06. The lowest BCUT2D eigenvalue weighted by molar-refractivity contribution is 0.0695. The highest BCUT2D eigenvalue weighted by molar-refractivity contribution is 5.90. The maximum Gasteiger partial charge on any atom is 0.336 e. The number of nitrogens with two attached hydrogens (primary N) is 1. The fraction of sp³-hybridized carbons (Fsp3) is 0.667. The molecule has 2 unspecified atom stereocenters. The van der Waals surface area contributed by atoms with Gasteiger partial charge in [-0.25, -0.2) is 4.79 Å². The van der Waals surface area contributed by atoms with Crippen molar-refractivity contribution >= 4 is 11.7 Å². The third kappa shape index (κ3) is 7.14. The summed E-state index contributed by atoms with van der Waals surface area (Å²) in [6, 6.07) is 4.00. The van der Waals surface area contributed by atoms with Crippen LogP contribution in [0.3, 0.4) is 0 Å². The van der Waals surface area contributed by atoms with Crippen LogP contribution in [0.15, 0.2) is 28.6 Å². The molecule has 0 radical (unpaired) electrons. The second-order valence-corrected chi connectivity index (χ2v) is 9.06. The van der Waals surface area contributed by atoms with Crippen LogP contribution >= 0.6 is 0 Å². The highest BCUT2D eigenvalue weighted by Gasteiger charge is 2.30. The smallest absolute Gasteiger partial charge is 0.336 e. The Kier molecular flexibility index (Phi) is 9.05. The average Bonchev–Trinajstić information content (AvgIpc) is 2.69. The minimum absolute atomic E-state index is 0.0250. The minimum atomic E-state index is -1.03. The summed E-state index contributed by atoms with van der Waals surface area (Å²) in [6.07, 6.45) is 0.472. The van der Waals surface area contributed by atoms with Gasteiger partial charge in [0.05, 0.1) is 5.56 Å². The molecule has 168 valence electrons. The first-order chi connectivity index (χ1) is 13.8. The summed E-state index contributed by atoms with van der Waals surface area (Å²) in [5.41, 5.74) is 5.94. The Morgan fingerprint density at radius 2 is 1.50 bits per heavy atom. The molecule has 9 heteroatoms. The van der Waals surface area contributed by atoms with Gasteiger partial charge in [0, 0.05) is 29.9 Å². The molecule has 0 aliphatic rings. The molecular formula is C21H35N5O4. The van der Waals surface area contributed by atoms with Crippen LogP contribution in [0, 0.1) is 15.7 Å². The van der Waals surface area contributed by atoms with E-state index in [2.05, 4.69) is 21.0 Å². The first-order valence-corrected chi connectivity index (χ1v) is 10.1. The molecule has 0 bridgehead atoms. The third-order valence-corrected chi connectivity index (χ3v) is 5.97. The maximum absolute atomic E-state index is 11.7. The zero-order valence-electron chi connectivity index (χ0n) is 18.7. The molecule has 30 heavy (non-hydrogen) atoms. The number of aromatic carboxylic acids is 1. The number of nitrogens with one attached hydrogen (secondary N) is 2. The topological polar surface area (TPSA) is 146 Å². The van der Waals surface area contributed by atoms with E-state index in [-0.39, 0.29) is 11.5 Å². The molecule has 0 saturated carbocycles. The summed E-state index contributed by atoms with van der Waals surface area (Å²) in [5.74, 6) is -1.06. The Bertz CT molecular complexity index is 721. The van der Waals surface area contributed by atoms with Crippen LogP contribution < -0.4 is 16.4 Å². The zero-order valence-corrected chi connectivity index (χ0v) is 18.7. The van der Waals surface area contributed by atoms with Gasteiger partial charge >= 0.3 is 5.97 Å². The molecule has 1 rings (SSSR count). The second kappa shape index (κ2) is 10.6. The van der Waals surface area contributed by atoms with Crippen molar-refractivity contribution in [2.75, 3.05) is 18.8 Å². The standard InChI is InChI=1S/C21H35N5O4/c1-13(25-29)20(3,4)23-11-15(12-24-21(5,6)14(2)26-30)9-16-7-8-17(22)10-18(16)19(27)28/h7-8,10,13-15,23-24H,9,11-12,22H2,1-6H3,(H,27,28). The van der Waals surface area contributed by atoms with Crippen LogP contribution in [0.2, 0.25) is 0 Å². The lowest BCUT2D eigenvalue weighted by atomic mass is 9.90. The SMILES string of the molecule is CC(N=O)C(C)(C)NCC(CNC(C)(C)C(C)N=O)Cc1ccc(N)cc1C(=O)O. The molecule has 0 fully saturated rings. The van der Waals surface area contributed by atoms with Gasteiger partial charge in [0.1, 0.15) is 12.1 Å². The molecular weight excluding hydrogens is 386 g/mol. The van der Waals surface area contributed by atoms with Gasteiger partial charge in [-0.15, -0.1) is 0 Å². The highest BCUT2D eigenvalue weighted by atomic mass is 16.4. The molecule has 0 aliphatic carbocycles. The fourth-order valence-electron chi connectivity index (χ4n) is 2.87. The Morgan fingerprint density at radius 3 is 1.90 bits per heavy atom. The van der Waals surface area contributed by atoms with Crippen molar-refractivity contribution in [2.45, 2.75) is 71.1 Å². The van der Waals surface area contributed by atoms with E-state index in [0.717, 1.165) is 0 Å². The van der Waals surface area contributed by atoms with Gasteiger partial charge in [-0.1, -0.05) is 16.4 Å². The lowest BCUT2D eigenvalue weighted by Crippen LogP contribution is -2.53. The molecule has 9 nitrogen and oxygen atoms in total. The number of carboxylic acid groups (broad SMARTS) is 1. The Labute approximate surface area is 178 Å². The van der Waals surface area contributed by atoms with Crippen LogP contribution in [-0.4, -0.2) is 47.3 Å². The zero-order chi connectivity index (χ0) is 23.1. The summed E-state index contributed by atoms with van der Waals surface area (Å²) in [6.45, 7) is 12.1. The highest BCUT2D eigenvalue weighted by Crippen LogP contribution is 2.20. The van der Waals surface area contributed by atoms with E-state index in [9.17, 15) is 19.7 Å². The van der Waals surface area contributed by atoms with Gasteiger partial charge in [-0.2, -0.15) is 9.81 Å². The van der Waals surface area contributed by atoms with Crippen molar-refractivity contribution in [2.24, 2.45) is 16.3 Å². The summed E-state index contributed by atoms with van der Waals surface area (Å²) in [7, 11) is 0. The molecule has 5 N–H and O–H groups in total. The van der Waals surface area contributed by atoms with Crippen molar-refractivity contribution in [3.63, 3.8) is 0 Å². The average molecular weight is 422 g/mol. The number of carbonyl (C=O) groups is 1. The number of carboxylic acids is 1. The van der Waals surface area contributed by atoms with Crippen molar-refractivity contribution in [1.82, 2.24) is 10.6 Å². The van der Waals surface area contributed by atoms with Gasteiger partial charge < -0.3 is 21.5 Å². The summed E-state index contributed by atoms with van der Waals surface area (Å²) in [5, 5.41) is 22.6. The molecule has 0 amide bonds. The predicted octanol–water partition coefficient (Wildman–Crippen LogP) is 3.17. The summed E-state index contributed by atoms with van der Waals surface area (Å²) < 4.78 is 0. The lowest BCUT2D eigenvalue weighted by Gasteiger charge is -2.34. The molecule has 0 heterocycles. The maximum atomic E-state index is 11.7. The van der Waals surface area contributed by atoms with Crippen LogP contribution in [-0.2, 0) is 6.42 Å². The van der Waals surface area contributed by atoms with Crippen LogP contribution in [0.25, 0.3) is 0 Å². The van der Waals surface area contributed by atoms with Crippen LogP contribution in [0.1, 0.15) is 57.5 Å². The third-order valence-electron chi connectivity index (χ3n) is 5.97. The van der Waals surface area contributed by atoms with Gasteiger partial charge in [-0.3, -0.25) is 0 Å². The Morgan fingerprint density at radius 1 is 1.03 bits per heavy atom. The van der Waals surface area contributed by atoms with Gasteiger partial charge in [0.25, 0.3) is 0 Å². The molecule has 2 atom stereocenters. The normalized spacial score (nSPS) is 15.3. The summed E-state index contributed by atoms with van der Waals surface area (Å²) >= 11 is 0. The van der Waals surface area contributed by atoms with Gasteiger partial charge in [0.15, 0.2) is 0 Å². The number of benzene rings is 1. The number of rotatable bonds is 13. The molecule has 0 saturated heterocycles. The van der Waals surface area contributed by atoms with Gasteiger partial charge in [0.2, 0.25) is 0 Å². The van der Waals surface area contributed by atoms with E-state index in [1.807, 2.05) is 27.7 Å². The molecule has 1 aromatic rings. The Hall–Kier alpha value is -2.39. The number of nitroso groups, excluding NO2 is 2. The van der Waals surface area contributed by atoms with Crippen molar-refractivity contribution in [3.05, 3.63) is 39.1 Å². The largest absolute Gasteiger partial charge is 0.478 e. The van der Waals surface area contributed by atoms with E-state index in [1.165, 1.54) is 6.07 Å². The number of nitrogens with zero attached hydrogens (tertiary/aromatic N) is 2. The van der Waals surface area contributed by atoms with E-state index in [0.29, 0.717) is 30.8 Å². The quantitative estimate of drug-likeness (QED) is 0.282. The van der Waals surface area contributed by atoms with E-state index in [1.54, 1.807) is 26.0 Å². The summed E-state index contributed by atoms with van der Waals surface area (Å²) in [4.78, 5) is 33.6. The van der Waals surface area contributed by atoms with E-state index in [4.69, 9.17) is 5.73 Å². The number of hydrogen-bond acceptors (Lipinski definition) is 8. The van der Waals surface area contributed by atoms with Crippen molar-refractivity contribution in [1.29, 1.82) is 0 Å². The monoisotopic (exact) mass is 421 g/mol.